The van der Waals surface area contributed by atoms with Crippen molar-refractivity contribution >= 4 is 23.0 Å². The first-order valence-electron chi connectivity index (χ1n) is 14.1. The van der Waals surface area contributed by atoms with Crippen LogP contribution in [0.15, 0.2) is 65.6 Å². The molecule has 0 bridgehead atoms. The number of rotatable bonds is 10. The molecule has 1 aromatic heterocycles. The largest absolute Gasteiger partial charge is 0.490 e. The lowest BCUT2D eigenvalue weighted by Gasteiger charge is -2.31. The minimum atomic E-state index is -2.32. The van der Waals surface area contributed by atoms with Gasteiger partial charge in [0.15, 0.2) is 0 Å². The van der Waals surface area contributed by atoms with Crippen molar-refractivity contribution in [1.82, 2.24) is 15.2 Å². The van der Waals surface area contributed by atoms with Gasteiger partial charge in [-0.2, -0.15) is 0 Å². The molecule has 2 heterocycles. The zero-order valence-corrected chi connectivity index (χ0v) is 24.6. The number of likely N-dealkylation sites (tertiary alicyclic amines) is 1. The number of nitrogens with two attached hydrogens (primary N) is 1. The van der Waals surface area contributed by atoms with E-state index in [0.29, 0.717) is 48.9 Å². The SMILES string of the molecule is Cc1cc(CC(=O)N/C(C=NC(C)(C)C)=C/N)ccc1Oc1ccnc2ccc(OC3CCN(CC(F)F)CC3)cc12. The topological polar surface area (TPSA) is 102 Å². The molecule has 8 nitrogen and oxygen atoms in total. The summed E-state index contributed by atoms with van der Waals surface area (Å²) in [5.41, 5.74) is 8.28. The third-order valence-electron chi connectivity index (χ3n) is 6.78. The number of nitrogens with zero attached hydrogens (tertiary/aromatic N) is 3. The van der Waals surface area contributed by atoms with Crippen molar-refractivity contribution < 1.29 is 23.0 Å². The van der Waals surface area contributed by atoms with Crippen LogP contribution in [-0.2, 0) is 11.2 Å². The Labute approximate surface area is 245 Å². The number of hydrogen-bond acceptors (Lipinski definition) is 7. The quantitative estimate of drug-likeness (QED) is 0.296. The summed E-state index contributed by atoms with van der Waals surface area (Å²) < 4.78 is 37.9. The molecule has 3 aromatic rings. The van der Waals surface area contributed by atoms with E-state index in [1.54, 1.807) is 23.4 Å². The Kier molecular flexibility index (Phi) is 10.1. The maximum atomic E-state index is 12.7. The number of fused-ring (bicyclic) bond motifs is 1. The first-order valence-corrected chi connectivity index (χ1v) is 14.1. The number of carbonyl (C=O) groups is 1. The van der Waals surface area contributed by atoms with E-state index in [0.717, 1.165) is 22.0 Å². The number of alkyl halides is 2. The summed E-state index contributed by atoms with van der Waals surface area (Å²) in [4.78, 5) is 23.2. The highest BCUT2D eigenvalue weighted by Crippen LogP contribution is 2.33. The molecule has 1 aliphatic heterocycles. The van der Waals surface area contributed by atoms with Gasteiger partial charge in [-0.25, -0.2) is 8.78 Å². The fourth-order valence-corrected chi connectivity index (χ4v) is 4.68. The van der Waals surface area contributed by atoms with Gasteiger partial charge in [0, 0.05) is 37.1 Å². The highest BCUT2D eigenvalue weighted by molar-refractivity contribution is 5.89. The summed E-state index contributed by atoms with van der Waals surface area (Å²) in [5.74, 6) is 1.77. The molecule has 10 heteroatoms. The molecule has 2 aromatic carbocycles. The normalized spacial score (nSPS) is 15.5. The lowest BCUT2D eigenvalue weighted by molar-refractivity contribution is -0.119. The van der Waals surface area contributed by atoms with Crippen molar-refractivity contribution in [2.45, 2.75) is 65.0 Å². The van der Waals surface area contributed by atoms with Crippen LogP contribution in [0.3, 0.4) is 0 Å². The van der Waals surface area contributed by atoms with Crippen LogP contribution in [0.2, 0.25) is 0 Å². The molecule has 0 unspecified atom stereocenters. The number of benzene rings is 2. The van der Waals surface area contributed by atoms with Gasteiger partial charge in [-0.05, 0) is 82.0 Å². The fraction of sp³-hybridized carbons (Fsp3) is 0.406. The van der Waals surface area contributed by atoms with Gasteiger partial charge in [-0.15, -0.1) is 0 Å². The first-order chi connectivity index (χ1) is 20.0. The van der Waals surface area contributed by atoms with E-state index >= 15 is 0 Å². The van der Waals surface area contributed by atoms with Crippen LogP contribution >= 0.6 is 0 Å². The number of aromatic nitrogens is 1. The van der Waals surface area contributed by atoms with Crippen LogP contribution < -0.4 is 20.5 Å². The van der Waals surface area contributed by atoms with E-state index in [1.807, 2.05) is 64.1 Å². The second-order valence-electron chi connectivity index (χ2n) is 11.5. The van der Waals surface area contributed by atoms with Crippen LogP contribution in [0.5, 0.6) is 17.2 Å². The van der Waals surface area contributed by atoms with E-state index in [1.165, 1.54) is 6.20 Å². The van der Waals surface area contributed by atoms with E-state index < -0.39 is 6.43 Å². The predicted molar refractivity (Wildman–Crippen MR) is 161 cm³/mol. The maximum Gasteiger partial charge on any atom is 0.251 e. The highest BCUT2D eigenvalue weighted by Gasteiger charge is 2.23. The molecule has 0 aliphatic carbocycles. The second-order valence-corrected chi connectivity index (χ2v) is 11.5. The van der Waals surface area contributed by atoms with Crippen LogP contribution in [0, 0.1) is 6.92 Å². The molecule has 0 saturated carbocycles. The lowest BCUT2D eigenvalue weighted by Crippen LogP contribution is -2.40. The minimum Gasteiger partial charge on any atom is -0.490 e. The van der Waals surface area contributed by atoms with Crippen molar-refractivity contribution in [3.05, 3.63) is 71.7 Å². The number of allylic oxidation sites excluding steroid dienone is 1. The smallest absolute Gasteiger partial charge is 0.251 e. The average molecular weight is 580 g/mol. The van der Waals surface area contributed by atoms with Gasteiger partial charge < -0.3 is 20.5 Å². The number of piperidine rings is 1. The van der Waals surface area contributed by atoms with Gasteiger partial charge >= 0.3 is 0 Å². The predicted octanol–water partition coefficient (Wildman–Crippen LogP) is 5.77. The number of hydrogen-bond donors (Lipinski definition) is 2. The molecule has 1 aliphatic rings. The Morgan fingerprint density at radius 1 is 1.17 bits per heavy atom. The third-order valence-corrected chi connectivity index (χ3v) is 6.78. The summed E-state index contributed by atoms with van der Waals surface area (Å²) >= 11 is 0. The van der Waals surface area contributed by atoms with Crippen LogP contribution in [0.1, 0.15) is 44.7 Å². The fourth-order valence-electron chi connectivity index (χ4n) is 4.68. The van der Waals surface area contributed by atoms with Crippen molar-refractivity contribution in [3.8, 4) is 17.2 Å². The number of nitrogens with one attached hydrogen (secondary N) is 1. The Morgan fingerprint density at radius 3 is 2.60 bits per heavy atom. The molecule has 42 heavy (non-hydrogen) atoms. The summed E-state index contributed by atoms with van der Waals surface area (Å²) in [7, 11) is 0. The average Bonchev–Trinajstić information content (AvgIpc) is 2.93. The molecule has 224 valence electrons. The zero-order valence-electron chi connectivity index (χ0n) is 24.6. The van der Waals surface area contributed by atoms with Crippen LogP contribution in [-0.4, -0.2) is 59.7 Å². The van der Waals surface area contributed by atoms with E-state index in [9.17, 15) is 13.6 Å². The molecular weight excluding hydrogens is 540 g/mol. The molecule has 3 N–H and O–H groups in total. The van der Waals surface area contributed by atoms with Gasteiger partial charge in [0.25, 0.3) is 6.43 Å². The van der Waals surface area contributed by atoms with Gasteiger partial charge in [-0.3, -0.25) is 19.7 Å². The summed E-state index contributed by atoms with van der Waals surface area (Å²) in [5, 5.41) is 3.59. The molecule has 4 rings (SSSR count). The second kappa shape index (κ2) is 13.7. The molecule has 1 saturated heterocycles. The maximum absolute atomic E-state index is 12.7. The standard InChI is InChI=1S/C32H39F2N5O3/c1-21-15-22(16-31(40)38-23(18-35)19-37-32(2,3)4)5-8-28(21)42-29-9-12-36-27-7-6-25(17-26(27)29)41-24-10-13-39(14-11-24)20-30(33)34/h5-9,12,15,17-19,24,30H,10-11,13-14,16,20,35H2,1-4H3,(H,38,40)/b23-18+,37-19?. The summed E-state index contributed by atoms with van der Waals surface area (Å²) in [6.45, 7) is 8.79. The summed E-state index contributed by atoms with van der Waals surface area (Å²) in [6, 6.07) is 13.1. The highest BCUT2D eigenvalue weighted by atomic mass is 19.3. The molecule has 0 spiro atoms. The molecule has 1 fully saturated rings. The molecule has 1 amide bonds. The molecule has 0 atom stereocenters. The van der Waals surface area contributed by atoms with Crippen molar-refractivity contribution in [2.24, 2.45) is 10.7 Å². The number of aliphatic imine (C=N–C) groups is 1. The monoisotopic (exact) mass is 579 g/mol. The Morgan fingerprint density at radius 2 is 1.93 bits per heavy atom. The zero-order chi connectivity index (χ0) is 30.3. The molecular formula is C32H39F2N5O3. The number of ether oxygens (including phenoxy) is 2. The van der Waals surface area contributed by atoms with Crippen LogP contribution in [0.25, 0.3) is 10.9 Å². The van der Waals surface area contributed by atoms with Crippen LogP contribution in [0.4, 0.5) is 8.78 Å². The molecule has 0 radical (unpaired) electrons. The Balaban J connectivity index is 1.41. The van der Waals surface area contributed by atoms with E-state index in [4.69, 9.17) is 15.2 Å². The number of aryl methyl sites for hydroxylation is 1. The summed E-state index contributed by atoms with van der Waals surface area (Å²) in [6.07, 6.45) is 3.78. The Hall–Kier alpha value is -4.05. The number of halogens is 2. The number of amides is 1. The van der Waals surface area contributed by atoms with Crippen molar-refractivity contribution in [3.63, 3.8) is 0 Å². The van der Waals surface area contributed by atoms with E-state index in [-0.39, 0.29) is 30.5 Å². The van der Waals surface area contributed by atoms with Crippen molar-refractivity contribution in [2.75, 3.05) is 19.6 Å². The van der Waals surface area contributed by atoms with Crippen molar-refractivity contribution in [1.29, 1.82) is 0 Å². The van der Waals surface area contributed by atoms with Gasteiger partial charge in [0.1, 0.15) is 23.4 Å². The van der Waals surface area contributed by atoms with Gasteiger partial charge in [0.2, 0.25) is 5.91 Å². The van der Waals surface area contributed by atoms with E-state index in [2.05, 4.69) is 15.3 Å². The Bertz CT molecular complexity index is 1440. The number of pyridine rings is 1. The lowest BCUT2D eigenvalue weighted by atomic mass is 10.1. The van der Waals surface area contributed by atoms with Gasteiger partial charge in [-0.1, -0.05) is 12.1 Å². The first kappa shape index (κ1) is 30.9. The number of carbonyl (C=O) groups excluding carboxylic acids is 1. The third kappa shape index (κ3) is 8.97. The van der Waals surface area contributed by atoms with Gasteiger partial charge in [0.05, 0.1) is 29.7 Å². The minimum absolute atomic E-state index is 0.0356.